The maximum atomic E-state index is 10.6. The van der Waals surface area contributed by atoms with E-state index < -0.39 is 12.1 Å². The van der Waals surface area contributed by atoms with Gasteiger partial charge in [0.1, 0.15) is 5.75 Å². The lowest BCUT2D eigenvalue weighted by atomic mass is 10.0. The van der Waals surface area contributed by atoms with Crippen LogP contribution in [0.5, 0.6) is 17.2 Å². The number of ether oxygens (including phenoxy) is 4. The third-order valence-electron chi connectivity index (χ3n) is 7.15. The molecule has 0 spiro atoms. The summed E-state index contributed by atoms with van der Waals surface area (Å²) in [5.74, 6) is -0.470. The van der Waals surface area contributed by atoms with Gasteiger partial charge in [0.15, 0.2) is 11.5 Å². The minimum atomic E-state index is -5.08. The zero-order chi connectivity index (χ0) is 29.4. The zero-order valence-corrected chi connectivity index (χ0v) is 23.3. The number of aliphatic carboxylic acids is 1. The summed E-state index contributed by atoms with van der Waals surface area (Å²) >= 11 is 0. The highest BCUT2D eigenvalue weighted by atomic mass is 19.4. The van der Waals surface area contributed by atoms with Gasteiger partial charge in [0.2, 0.25) is 0 Å². The summed E-state index contributed by atoms with van der Waals surface area (Å²) < 4.78 is 54.8. The molecule has 2 N–H and O–H groups in total. The van der Waals surface area contributed by atoms with E-state index in [0.29, 0.717) is 12.6 Å². The number of hydrogen-bond acceptors (Lipinski definition) is 8. The van der Waals surface area contributed by atoms with Crippen LogP contribution in [0, 0.1) is 0 Å². The number of carboxylic acid groups (broad SMARTS) is 1. The molecule has 2 saturated heterocycles. The normalized spacial score (nSPS) is 16.3. The molecule has 0 aliphatic carbocycles. The van der Waals surface area contributed by atoms with Crippen LogP contribution in [-0.4, -0.2) is 86.9 Å². The highest BCUT2D eigenvalue weighted by Crippen LogP contribution is 2.40. The molecule has 224 valence electrons. The largest absolute Gasteiger partial charge is 0.497 e. The number of rotatable bonds is 9. The van der Waals surface area contributed by atoms with Crippen LogP contribution in [0.3, 0.4) is 0 Å². The van der Waals surface area contributed by atoms with E-state index in [0.717, 1.165) is 83.8 Å². The van der Waals surface area contributed by atoms with Crippen LogP contribution < -0.4 is 19.5 Å². The molecule has 2 fully saturated rings. The second kappa shape index (κ2) is 13.9. The molecule has 1 aromatic heterocycles. The van der Waals surface area contributed by atoms with Gasteiger partial charge in [-0.05, 0) is 69.5 Å². The molecule has 5 rings (SSSR count). The van der Waals surface area contributed by atoms with E-state index in [2.05, 4.69) is 22.3 Å². The molecule has 9 nitrogen and oxygen atoms in total. The Morgan fingerprint density at radius 1 is 1.05 bits per heavy atom. The average molecular weight is 580 g/mol. The topological polar surface area (TPSA) is 102 Å². The van der Waals surface area contributed by atoms with E-state index in [4.69, 9.17) is 33.8 Å². The third-order valence-corrected chi connectivity index (χ3v) is 7.15. The number of nitrogens with one attached hydrogen (secondary N) is 1. The van der Waals surface area contributed by atoms with E-state index in [1.807, 2.05) is 18.2 Å². The van der Waals surface area contributed by atoms with Crippen molar-refractivity contribution in [3.63, 3.8) is 0 Å². The molecule has 0 atom stereocenters. The van der Waals surface area contributed by atoms with E-state index in [9.17, 15) is 13.2 Å². The van der Waals surface area contributed by atoms with Gasteiger partial charge in [-0.3, -0.25) is 0 Å². The number of halogens is 3. The SMILES string of the molecule is COc1ccc2nc3cc(OCCCN4CCCC4)c(OC)cc3c(NC3CCOCC3)c2c1.O=C(O)C(F)(F)F. The molecule has 2 aliphatic heterocycles. The van der Waals surface area contributed by atoms with E-state index in [1.54, 1.807) is 14.2 Å². The number of carbonyl (C=O) groups is 1. The molecule has 2 aromatic carbocycles. The van der Waals surface area contributed by atoms with Gasteiger partial charge < -0.3 is 34.3 Å². The first-order valence-corrected chi connectivity index (χ1v) is 13.7. The highest BCUT2D eigenvalue weighted by Gasteiger charge is 2.38. The van der Waals surface area contributed by atoms with Gasteiger partial charge in [-0.2, -0.15) is 13.2 Å². The second-order valence-corrected chi connectivity index (χ2v) is 9.97. The summed E-state index contributed by atoms with van der Waals surface area (Å²) in [6, 6.07) is 10.4. The van der Waals surface area contributed by atoms with Crippen LogP contribution in [-0.2, 0) is 9.53 Å². The number of fused-ring (bicyclic) bond motifs is 2. The van der Waals surface area contributed by atoms with Gasteiger partial charge >= 0.3 is 12.1 Å². The number of likely N-dealkylation sites (tertiary alicyclic amines) is 1. The minimum absolute atomic E-state index is 0.348. The van der Waals surface area contributed by atoms with Crippen molar-refractivity contribution in [1.82, 2.24) is 9.88 Å². The van der Waals surface area contributed by atoms with E-state index >= 15 is 0 Å². The summed E-state index contributed by atoms with van der Waals surface area (Å²) in [5, 5.41) is 13.0. The first kappa shape index (κ1) is 30.4. The number of hydrogen-bond donors (Lipinski definition) is 2. The quantitative estimate of drug-likeness (QED) is 0.252. The predicted molar refractivity (Wildman–Crippen MR) is 149 cm³/mol. The van der Waals surface area contributed by atoms with Crippen LogP contribution in [0.2, 0.25) is 0 Å². The summed E-state index contributed by atoms with van der Waals surface area (Å²) in [6.07, 6.45) is 0.502. The lowest BCUT2D eigenvalue weighted by molar-refractivity contribution is -0.192. The highest BCUT2D eigenvalue weighted by molar-refractivity contribution is 6.08. The molecular formula is C29H36F3N3O6. The number of alkyl halides is 3. The molecule has 0 saturated carbocycles. The Morgan fingerprint density at radius 3 is 2.37 bits per heavy atom. The standard InChI is InChI=1S/C27H35N3O4.C2HF3O2/c1-31-20-6-7-23-21(16-20)27(28-19-8-14-33-15-9-19)22-17-25(32-2)26(18-24(22)29-23)34-13-5-12-30-10-3-4-11-30;3-2(4,5)1(6)7/h6-7,16-19H,3-5,8-15H2,1-2H3,(H,28,29);(H,6,7). The summed E-state index contributed by atoms with van der Waals surface area (Å²) in [4.78, 5) is 16.4. The smallest absolute Gasteiger partial charge is 0.490 e. The maximum Gasteiger partial charge on any atom is 0.490 e. The van der Waals surface area contributed by atoms with Gasteiger partial charge in [0, 0.05) is 42.6 Å². The van der Waals surface area contributed by atoms with Gasteiger partial charge in [0.25, 0.3) is 0 Å². The minimum Gasteiger partial charge on any atom is -0.497 e. The Morgan fingerprint density at radius 2 is 1.73 bits per heavy atom. The van der Waals surface area contributed by atoms with Crippen LogP contribution in [0.1, 0.15) is 32.1 Å². The van der Waals surface area contributed by atoms with Crippen molar-refractivity contribution in [3.05, 3.63) is 30.3 Å². The van der Waals surface area contributed by atoms with Crippen LogP contribution >= 0.6 is 0 Å². The fourth-order valence-corrected chi connectivity index (χ4v) is 5.01. The summed E-state index contributed by atoms with van der Waals surface area (Å²) in [6.45, 7) is 5.73. The maximum absolute atomic E-state index is 10.6. The Labute approximate surface area is 236 Å². The molecule has 41 heavy (non-hydrogen) atoms. The molecular weight excluding hydrogens is 543 g/mol. The predicted octanol–water partition coefficient (Wildman–Crippen LogP) is 5.49. The van der Waals surface area contributed by atoms with Crippen molar-refractivity contribution in [2.75, 3.05) is 59.0 Å². The van der Waals surface area contributed by atoms with Crippen LogP contribution in [0.15, 0.2) is 30.3 Å². The number of pyridine rings is 1. The van der Waals surface area contributed by atoms with Gasteiger partial charge in [-0.15, -0.1) is 0 Å². The molecule has 0 amide bonds. The number of anilines is 1. The number of carboxylic acids is 1. The summed E-state index contributed by atoms with van der Waals surface area (Å²) in [7, 11) is 3.39. The monoisotopic (exact) mass is 579 g/mol. The average Bonchev–Trinajstić information content (AvgIpc) is 3.49. The molecule has 12 heteroatoms. The van der Waals surface area contributed by atoms with Crippen LogP contribution in [0.25, 0.3) is 21.8 Å². The van der Waals surface area contributed by atoms with Crippen molar-refractivity contribution < 1.29 is 42.0 Å². The Kier molecular flexibility index (Phi) is 10.3. The van der Waals surface area contributed by atoms with Gasteiger partial charge in [-0.1, -0.05) is 0 Å². The number of aromatic nitrogens is 1. The molecule has 0 radical (unpaired) electrons. The van der Waals surface area contributed by atoms with E-state index in [1.165, 1.54) is 25.9 Å². The molecule has 0 bridgehead atoms. The Balaban J connectivity index is 0.000000493. The van der Waals surface area contributed by atoms with Crippen molar-refractivity contribution >= 4 is 33.5 Å². The first-order chi connectivity index (χ1) is 19.7. The summed E-state index contributed by atoms with van der Waals surface area (Å²) in [5.41, 5.74) is 2.88. The van der Waals surface area contributed by atoms with Gasteiger partial charge in [-0.25, -0.2) is 9.78 Å². The molecule has 3 heterocycles. The third kappa shape index (κ3) is 8.04. The molecule has 2 aliphatic rings. The zero-order valence-electron chi connectivity index (χ0n) is 23.3. The second-order valence-electron chi connectivity index (χ2n) is 9.97. The molecule has 0 unspecified atom stereocenters. The van der Waals surface area contributed by atoms with Crippen molar-refractivity contribution in [1.29, 1.82) is 0 Å². The molecule has 3 aromatic rings. The van der Waals surface area contributed by atoms with E-state index in [-0.39, 0.29) is 0 Å². The van der Waals surface area contributed by atoms with Gasteiger partial charge in [0.05, 0.1) is 37.5 Å². The lowest BCUT2D eigenvalue weighted by Crippen LogP contribution is -2.28. The Bertz CT molecular complexity index is 1320. The van der Waals surface area contributed by atoms with Crippen molar-refractivity contribution in [2.45, 2.75) is 44.3 Å². The van der Waals surface area contributed by atoms with Crippen LogP contribution in [0.4, 0.5) is 18.9 Å². The fourth-order valence-electron chi connectivity index (χ4n) is 5.01. The number of benzene rings is 2. The van der Waals surface area contributed by atoms with Crippen molar-refractivity contribution in [3.8, 4) is 17.2 Å². The lowest BCUT2D eigenvalue weighted by Gasteiger charge is -2.26. The number of nitrogens with zero attached hydrogens (tertiary/aromatic N) is 2. The van der Waals surface area contributed by atoms with Crippen molar-refractivity contribution in [2.24, 2.45) is 0 Å². The fraction of sp³-hybridized carbons (Fsp3) is 0.517. The number of methoxy groups -OCH3 is 2. The Hall–Kier alpha value is -3.51. The first-order valence-electron chi connectivity index (χ1n) is 13.7.